The summed E-state index contributed by atoms with van der Waals surface area (Å²) in [4.78, 5) is 30.2. The lowest BCUT2D eigenvalue weighted by molar-refractivity contribution is -0.142. The zero-order valence-electron chi connectivity index (χ0n) is 9.99. The van der Waals surface area contributed by atoms with E-state index in [0.717, 1.165) is 11.7 Å². The van der Waals surface area contributed by atoms with E-state index >= 15 is 0 Å². The van der Waals surface area contributed by atoms with Crippen LogP contribution in [0.1, 0.15) is 16.2 Å². The first-order valence-corrected chi connectivity index (χ1v) is 6.07. The molecule has 0 aliphatic heterocycles. The summed E-state index contributed by atoms with van der Waals surface area (Å²) in [6.45, 7) is 0. The predicted molar refractivity (Wildman–Crippen MR) is 65.5 cm³/mol. The molecule has 0 fully saturated rings. The van der Waals surface area contributed by atoms with Gasteiger partial charge in [0, 0.05) is 18.3 Å². The first-order valence-electron chi connectivity index (χ1n) is 5.34. The number of H-pyrrole nitrogens is 1. The van der Waals surface area contributed by atoms with Crippen LogP contribution in [0.2, 0.25) is 0 Å². The molecule has 2 aromatic heterocycles. The van der Waals surface area contributed by atoms with E-state index in [9.17, 15) is 9.59 Å². The molecule has 0 spiro atoms. The topological polar surface area (TPSA) is 110 Å². The molecule has 2 aromatic rings. The van der Waals surface area contributed by atoms with E-state index in [1.54, 1.807) is 6.20 Å². The molecular formula is C10H11N5O3S. The number of aromatic nitrogens is 4. The Bertz CT molecular complexity index is 540. The fourth-order valence-corrected chi connectivity index (χ4v) is 1.86. The fraction of sp³-hybridized carbons (Fsp3) is 0.300. The van der Waals surface area contributed by atoms with Crippen LogP contribution in [0.15, 0.2) is 18.7 Å². The Balaban J connectivity index is 2.06. The Kier molecular flexibility index (Phi) is 4.18. The highest BCUT2D eigenvalue weighted by molar-refractivity contribution is 6.99. The number of nitrogens with zero attached hydrogens (tertiary/aromatic N) is 3. The number of ether oxygens (including phenoxy) is 1. The maximum Gasteiger partial charge on any atom is 0.328 e. The van der Waals surface area contributed by atoms with E-state index in [1.165, 1.54) is 19.6 Å². The van der Waals surface area contributed by atoms with Gasteiger partial charge in [0.2, 0.25) is 0 Å². The number of carbonyl (C=O) groups is 2. The SMILES string of the molecule is COC(=O)[C@H](Cc1cnc[nH]1)NC(=O)c1cnsn1. The van der Waals surface area contributed by atoms with Crippen molar-refractivity contribution < 1.29 is 14.3 Å². The number of esters is 1. The predicted octanol–water partition coefficient (Wildman–Crippen LogP) is -0.225. The van der Waals surface area contributed by atoms with Gasteiger partial charge in [0.25, 0.3) is 5.91 Å². The van der Waals surface area contributed by atoms with Crippen LogP contribution in [-0.2, 0) is 16.0 Å². The van der Waals surface area contributed by atoms with E-state index in [1.807, 2.05) is 0 Å². The third-order valence-electron chi connectivity index (χ3n) is 2.36. The summed E-state index contributed by atoms with van der Waals surface area (Å²) < 4.78 is 12.2. The first kappa shape index (κ1) is 13.1. The smallest absolute Gasteiger partial charge is 0.328 e. The molecule has 0 aliphatic carbocycles. The summed E-state index contributed by atoms with van der Waals surface area (Å²) in [6.07, 6.45) is 4.67. The van der Waals surface area contributed by atoms with E-state index in [0.29, 0.717) is 5.69 Å². The number of aromatic amines is 1. The second-order valence-corrected chi connectivity index (χ2v) is 4.18. The fourth-order valence-electron chi connectivity index (χ4n) is 1.45. The first-order chi connectivity index (χ1) is 9.20. The largest absolute Gasteiger partial charge is 0.467 e. The summed E-state index contributed by atoms with van der Waals surface area (Å²) in [6, 6.07) is -0.806. The van der Waals surface area contributed by atoms with Crippen molar-refractivity contribution in [2.45, 2.75) is 12.5 Å². The third-order valence-corrected chi connectivity index (χ3v) is 2.84. The number of amides is 1. The molecule has 0 aliphatic rings. The number of methoxy groups -OCH3 is 1. The van der Waals surface area contributed by atoms with Gasteiger partial charge in [0.15, 0.2) is 5.69 Å². The van der Waals surface area contributed by atoms with Crippen molar-refractivity contribution in [3.8, 4) is 0 Å². The molecule has 1 amide bonds. The molecule has 2 N–H and O–H groups in total. The van der Waals surface area contributed by atoms with Crippen LogP contribution >= 0.6 is 11.7 Å². The van der Waals surface area contributed by atoms with Gasteiger partial charge in [-0.3, -0.25) is 4.79 Å². The highest BCUT2D eigenvalue weighted by atomic mass is 32.1. The Morgan fingerprint density at radius 3 is 2.95 bits per heavy atom. The molecule has 0 unspecified atom stereocenters. The number of hydrogen-bond donors (Lipinski definition) is 2. The summed E-state index contributed by atoms with van der Waals surface area (Å²) in [5.41, 5.74) is 0.885. The van der Waals surface area contributed by atoms with Crippen LogP contribution < -0.4 is 5.32 Å². The van der Waals surface area contributed by atoms with Gasteiger partial charge < -0.3 is 15.0 Å². The standard InChI is InChI=1S/C10H11N5O3S/c1-18-10(17)7(2-6-3-11-5-12-6)14-9(16)8-4-13-19-15-8/h3-5,7H,2H2,1H3,(H,11,12)(H,14,16)/t7-/m0/s1. The molecule has 9 heteroatoms. The van der Waals surface area contributed by atoms with Gasteiger partial charge in [-0.1, -0.05) is 0 Å². The molecule has 100 valence electrons. The van der Waals surface area contributed by atoms with E-state index in [4.69, 9.17) is 0 Å². The normalized spacial score (nSPS) is 11.8. The number of hydrogen-bond acceptors (Lipinski definition) is 7. The number of carbonyl (C=O) groups excluding carboxylic acids is 2. The average Bonchev–Trinajstić information content (AvgIpc) is 3.09. The second kappa shape index (κ2) is 6.05. The summed E-state index contributed by atoms with van der Waals surface area (Å²) in [5.74, 6) is -1.00. The molecule has 1 atom stereocenters. The van der Waals surface area contributed by atoms with Gasteiger partial charge in [-0.15, -0.1) is 0 Å². The van der Waals surface area contributed by atoms with Crippen molar-refractivity contribution in [1.82, 2.24) is 24.0 Å². The van der Waals surface area contributed by atoms with Crippen molar-refractivity contribution in [2.24, 2.45) is 0 Å². The van der Waals surface area contributed by atoms with Gasteiger partial charge in [0.05, 0.1) is 31.4 Å². The van der Waals surface area contributed by atoms with E-state index in [2.05, 4.69) is 28.8 Å². The Labute approximate surface area is 112 Å². The minimum Gasteiger partial charge on any atom is -0.467 e. The van der Waals surface area contributed by atoms with Crippen LogP contribution in [-0.4, -0.2) is 43.7 Å². The number of imidazole rings is 1. The highest BCUT2D eigenvalue weighted by Crippen LogP contribution is 2.03. The maximum absolute atomic E-state index is 11.8. The van der Waals surface area contributed by atoms with Crippen LogP contribution in [0, 0.1) is 0 Å². The number of rotatable bonds is 5. The van der Waals surface area contributed by atoms with Gasteiger partial charge in [-0.05, 0) is 0 Å². The molecule has 0 aromatic carbocycles. The molecular weight excluding hydrogens is 270 g/mol. The van der Waals surface area contributed by atoms with Crippen LogP contribution in [0.4, 0.5) is 0 Å². The van der Waals surface area contributed by atoms with E-state index < -0.39 is 17.9 Å². The molecule has 8 nitrogen and oxygen atoms in total. The van der Waals surface area contributed by atoms with Crippen molar-refractivity contribution in [3.63, 3.8) is 0 Å². The van der Waals surface area contributed by atoms with Gasteiger partial charge in [-0.2, -0.15) is 8.75 Å². The number of nitrogens with one attached hydrogen (secondary N) is 2. The van der Waals surface area contributed by atoms with Crippen molar-refractivity contribution >= 4 is 23.6 Å². The molecule has 0 saturated heterocycles. The molecule has 19 heavy (non-hydrogen) atoms. The van der Waals surface area contributed by atoms with Gasteiger partial charge >= 0.3 is 5.97 Å². The van der Waals surface area contributed by atoms with Crippen molar-refractivity contribution in [2.75, 3.05) is 7.11 Å². The third kappa shape index (κ3) is 3.35. The molecule has 0 bridgehead atoms. The summed E-state index contributed by atoms with van der Waals surface area (Å²) in [7, 11) is 1.26. The zero-order chi connectivity index (χ0) is 13.7. The minimum atomic E-state index is -0.806. The lowest BCUT2D eigenvalue weighted by Crippen LogP contribution is -2.43. The van der Waals surface area contributed by atoms with Crippen LogP contribution in [0.25, 0.3) is 0 Å². The van der Waals surface area contributed by atoms with Crippen molar-refractivity contribution in [3.05, 3.63) is 30.1 Å². The quantitative estimate of drug-likeness (QED) is 0.733. The minimum absolute atomic E-state index is 0.170. The average molecular weight is 281 g/mol. The molecule has 2 rings (SSSR count). The molecule has 0 radical (unpaired) electrons. The maximum atomic E-state index is 11.8. The highest BCUT2D eigenvalue weighted by Gasteiger charge is 2.24. The summed E-state index contributed by atoms with van der Waals surface area (Å²) >= 11 is 0.921. The Morgan fingerprint density at radius 1 is 1.53 bits per heavy atom. The Morgan fingerprint density at radius 2 is 2.37 bits per heavy atom. The van der Waals surface area contributed by atoms with Gasteiger partial charge in [0.1, 0.15) is 6.04 Å². The van der Waals surface area contributed by atoms with Crippen LogP contribution in [0.3, 0.4) is 0 Å². The van der Waals surface area contributed by atoms with E-state index in [-0.39, 0.29) is 12.1 Å². The monoisotopic (exact) mass is 281 g/mol. The van der Waals surface area contributed by atoms with Crippen molar-refractivity contribution in [1.29, 1.82) is 0 Å². The lowest BCUT2D eigenvalue weighted by Gasteiger charge is -2.14. The second-order valence-electron chi connectivity index (χ2n) is 3.62. The zero-order valence-corrected chi connectivity index (χ0v) is 10.8. The Hall–Kier alpha value is -2.29. The molecule has 0 saturated carbocycles. The molecule has 2 heterocycles. The van der Waals surface area contributed by atoms with Gasteiger partial charge in [-0.25, -0.2) is 9.78 Å². The summed E-state index contributed by atoms with van der Waals surface area (Å²) in [5, 5.41) is 2.55. The lowest BCUT2D eigenvalue weighted by atomic mass is 10.1. The van der Waals surface area contributed by atoms with Crippen LogP contribution in [0.5, 0.6) is 0 Å².